The molecule has 0 atom stereocenters. The minimum atomic E-state index is -1.01. The number of fused-ring (bicyclic) bond motifs is 1. The van der Waals surface area contributed by atoms with E-state index in [4.69, 9.17) is 4.52 Å². The zero-order valence-corrected chi connectivity index (χ0v) is 20.2. The molecule has 1 saturated heterocycles. The summed E-state index contributed by atoms with van der Waals surface area (Å²) in [5.41, 5.74) is 5.15. The van der Waals surface area contributed by atoms with Gasteiger partial charge in [0.2, 0.25) is 0 Å². The number of carboxylic acid groups (broad SMARTS) is 1. The Kier molecular flexibility index (Phi) is 5.76. The molecule has 4 aromatic rings. The Labute approximate surface area is 209 Å². The summed E-state index contributed by atoms with van der Waals surface area (Å²) < 4.78 is 5.81. The maximum atomic E-state index is 11.2. The zero-order valence-electron chi connectivity index (χ0n) is 20.2. The van der Waals surface area contributed by atoms with Crippen LogP contribution in [-0.2, 0) is 0 Å². The number of pyridine rings is 2. The Morgan fingerprint density at radius 2 is 1.89 bits per heavy atom. The van der Waals surface area contributed by atoms with Crippen LogP contribution in [-0.4, -0.2) is 39.3 Å². The van der Waals surface area contributed by atoms with Crippen molar-refractivity contribution in [3.05, 3.63) is 77.4 Å². The van der Waals surface area contributed by atoms with Gasteiger partial charge in [0.15, 0.2) is 0 Å². The van der Waals surface area contributed by atoms with Crippen LogP contribution >= 0.6 is 0 Å². The van der Waals surface area contributed by atoms with Crippen molar-refractivity contribution in [2.45, 2.75) is 38.5 Å². The van der Waals surface area contributed by atoms with E-state index in [1.54, 1.807) is 12.3 Å². The van der Waals surface area contributed by atoms with E-state index in [1.165, 1.54) is 0 Å². The Bertz CT molecular complexity index is 1460. The van der Waals surface area contributed by atoms with E-state index in [0.717, 1.165) is 83.5 Å². The van der Waals surface area contributed by atoms with Crippen LogP contribution in [0.3, 0.4) is 0 Å². The van der Waals surface area contributed by atoms with Crippen LogP contribution in [0.15, 0.2) is 59.4 Å². The number of carboxylic acids is 1. The third-order valence-electron chi connectivity index (χ3n) is 7.30. The van der Waals surface area contributed by atoms with Crippen LogP contribution in [0.4, 0.5) is 5.69 Å². The number of anilines is 1. The van der Waals surface area contributed by atoms with E-state index >= 15 is 0 Å². The van der Waals surface area contributed by atoms with Crippen molar-refractivity contribution in [2.75, 3.05) is 18.0 Å². The molecule has 36 heavy (non-hydrogen) atoms. The minimum absolute atomic E-state index is 0.0712. The summed E-state index contributed by atoms with van der Waals surface area (Å²) >= 11 is 0. The fraction of sp³-hybridized carbons (Fsp3) is 0.310. The number of piperidine rings is 1. The number of aromatic nitrogens is 3. The van der Waals surface area contributed by atoms with Gasteiger partial charge in [-0.1, -0.05) is 29.4 Å². The molecule has 7 heteroatoms. The minimum Gasteiger partial charge on any atom is -0.477 e. The fourth-order valence-corrected chi connectivity index (χ4v) is 5.04. The largest absolute Gasteiger partial charge is 0.477 e. The first kappa shape index (κ1) is 22.5. The van der Waals surface area contributed by atoms with Crippen molar-refractivity contribution < 1.29 is 14.4 Å². The Morgan fingerprint density at radius 3 is 2.64 bits per heavy atom. The molecule has 2 aliphatic rings. The van der Waals surface area contributed by atoms with Gasteiger partial charge < -0.3 is 14.5 Å². The number of carbonyl (C=O) groups is 1. The second kappa shape index (κ2) is 9.22. The predicted molar refractivity (Wildman–Crippen MR) is 139 cm³/mol. The summed E-state index contributed by atoms with van der Waals surface area (Å²) in [4.78, 5) is 22.2. The van der Waals surface area contributed by atoms with Gasteiger partial charge in [-0.25, -0.2) is 9.78 Å². The first-order valence-electron chi connectivity index (χ1n) is 12.5. The highest BCUT2D eigenvalue weighted by Crippen LogP contribution is 2.44. The average Bonchev–Trinajstić information content (AvgIpc) is 3.66. The summed E-state index contributed by atoms with van der Waals surface area (Å²) in [6.45, 7) is 3.99. The number of benzene rings is 1. The summed E-state index contributed by atoms with van der Waals surface area (Å²) in [5, 5.41) is 15.5. The summed E-state index contributed by atoms with van der Waals surface area (Å²) in [6, 6.07) is 11.8. The van der Waals surface area contributed by atoms with Crippen LogP contribution in [0.25, 0.3) is 28.2 Å². The standard InChI is InChI=1S/C29H28N4O3/c1-18-3-2-12-30-26(18)27-24(28(36-32-27)20-5-6-20)9-4-19-10-13-33(14-11-19)23-8-7-21-16-25(29(34)35)31-17-22(21)15-23/h2-4,7-9,12,15-17,19-20H,5-6,10-11,13-14H2,1H3,(H,34,35)/b9-4+. The smallest absolute Gasteiger partial charge is 0.354 e. The Morgan fingerprint density at radius 1 is 1.06 bits per heavy atom. The fourth-order valence-electron chi connectivity index (χ4n) is 5.04. The SMILES string of the molecule is Cc1cccnc1-c1noc(C2CC2)c1/C=C/C1CCN(c2ccc3cc(C(=O)O)ncc3c2)CC1. The zero-order chi connectivity index (χ0) is 24.6. The lowest BCUT2D eigenvalue weighted by molar-refractivity contribution is 0.0690. The monoisotopic (exact) mass is 480 g/mol. The molecule has 1 saturated carbocycles. The van der Waals surface area contributed by atoms with Gasteiger partial charge in [-0.05, 0) is 73.7 Å². The molecular weight excluding hydrogens is 452 g/mol. The number of allylic oxidation sites excluding steroid dienone is 1. The van der Waals surface area contributed by atoms with Crippen molar-refractivity contribution in [1.29, 1.82) is 0 Å². The van der Waals surface area contributed by atoms with E-state index in [2.05, 4.69) is 57.3 Å². The molecule has 1 aliphatic heterocycles. The molecule has 0 radical (unpaired) electrons. The molecule has 0 amide bonds. The average molecular weight is 481 g/mol. The molecule has 7 nitrogen and oxygen atoms in total. The summed E-state index contributed by atoms with van der Waals surface area (Å²) in [7, 11) is 0. The van der Waals surface area contributed by atoms with E-state index in [1.807, 2.05) is 18.3 Å². The van der Waals surface area contributed by atoms with Gasteiger partial charge in [-0.15, -0.1) is 0 Å². The van der Waals surface area contributed by atoms with Gasteiger partial charge in [0, 0.05) is 48.0 Å². The lowest BCUT2D eigenvalue weighted by atomic mass is 9.94. The second-order valence-corrected chi connectivity index (χ2v) is 9.84. The van der Waals surface area contributed by atoms with Crippen LogP contribution < -0.4 is 4.90 Å². The molecule has 0 bridgehead atoms. The lowest BCUT2D eigenvalue weighted by Gasteiger charge is -2.32. The van der Waals surface area contributed by atoms with E-state index in [-0.39, 0.29) is 5.69 Å². The maximum Gasteiger partial charge on any atom is 0.354 e. The van der Waals surface area contributed by atoms with Crippen molar-refractivity contribution in [1.82, 2.24) is 15.1 Å². The third kappa shape index (κ3) is 4.37. The van der Waals surface area contributed by atoms with Crippen molar-refractivity contribution >= 4 is 28.5 Å². The number of aromatic carboxylic acids is 1. The molecule has 0 unspecified atom stereocenters. The van der Waals surface area contributed by atoms with Crippen molar-refractivity contribution in [3.63, 3.8) is 0 Å². The van der Waals surface area contributed by atoms with Gasteiger partial charge in [-0.2, -0.15) is 0 Å². The number of hydrogen-bond acceptors (Lipinski definition) is 6. The van der Waals surface area contributed by atoms with Gasteiger partial charge in [0.1, 0.15) is 17.1 Å². The highest BCUT2D eigenvalue weighted by molar-refractivity contribution is 5.93. The number of aryl methyl sites for hydroxylation is 1. The summed E-state index contributed by atoms with van der Waals surface area (Å²) in [5.74, 6) is 0.959. The molecule has 1 aromatic carbocycles. The molecule has 0 spiro atoms. The Balaban J connectivity index is 1.17. The number of nitrogens with zero attached hydrogens (tertiary/aromatic N) is 4. The van der Waals surface area contributed by atoms with Gasteiger partial charge in [0.05, 0.1) is 5.69 Å². The van der Waals surface area contributed by atoms with Crippen molar-refractivity contribution in [3.8, 4) is 11.4 Å². The highest BCUT2D eigenvalue weighted by Gasteiger charge is 2.32. The molecule has 1 N–H and O–H groups in total. The third-order valence-corrected chi connectivity index (χ3v) is 7.30. The normalized spacial score (nSPS) is 16.8. The van der Waals surface area contributed by atoms with Crippen LogP contribution in [0, 0.1) is 12.8 Å². The first-order valence-corrected chi connectivity index (χ1v) is 12.5. The molecule has 182 valence electrons. The maximum absolute atomic E-state index is 11.2. The second-order valence-electron chi connectivity index (χ2n) is 9.84. The predicted octanol–water partition coefficient (Wildman–Crippen LogP) is 6.10. The molecule has 4 heterocycles. The molecule has 6 rings (SSSR count). The Hall–Kier alpha value is -4.00. The summed E-state index contributed by atoms with van der Waals surface area (Å²) in [6.07, 6.45) is 12.5. The van der Waals surface area contributed by atoms with Crippen LogP contribution in [0.2, 0.25) is 0 Å². The molecule has 1 aliphatic carbocycles. The molecular formula is C29H28N4O3. The lowest BCUT2D eigenvalue weighted by Crippen LogP contribution is -2.33. The van der Waals surface area contributed by atoms with E-state index < -0.39 is 5.97 Å². The highest BCUT2D eigenvalue weighted by atomic mass is 16.5. The topological polar surface area (TPSA) is 92.4 Å². The quantitative estimate of drug-likeness (QED) is 0.356. The van der Waals surface area contributed by atoms with E-state index in [9.17, 15) is 9.90 Å². The van der Waals surface area contributed by atoms with Gasteiger partial charge >= 0.3 is 5.97 Å². The van der Waals surface area contributed by atoms with Gasteiger partial charge in [-0.3, -0.25) is 4.98 Å². The van der Waals surface area contributed by atoms with Crippen LogP contribution in [0.5, 0.6) is 0 Å². The van der Waals surface area contributed by atoms with Gasteiger partial charge in [0.25, 0.3) is 0 Å². The van der Waals surface area contributed by atoms with E-state index in [0.29, 0.717) is 11.8 Å². The first-order chi connectivity index (χ1) is 17.6. The molecule has 2 fully saturated rings. The number of rotatable bonds is 6. The van der Waals surface area contributed by atoms with Crippen molar-refractivity contribution in [2.24, 2.45) is 5.92 Å². The molecule has 3 aromatic heterocycles. The number of hydrogen-bond donors (Lipinski definition) is 1. The van der Waals surface area contributed by atoms with Crippen LogP contribution in [0.1, 0.15) is 59.0 Å².